The molecule has 240 valence electrons. The molecule has 2 nitrogen and oxygen atoms in total. The number of fused-ring (bicyclic) bond motifs is 10. The Balaban J connectivity index is 0.000000923. The second-order valence-corrected chi connectivity index (χ2v) is 23.5. The zero-order valence-electron chi connectivity index (χ0n) is 29.2. The van der Waals surface area contributed by atoms with Crippen molar-refractivity contribution in [2.24, 2.45) is 59.2 Å². The lowest BCUT2D eigenvalue weighted by molar-refractivity contribution is 0.111. The van der Waals surface area contributed by atoms with Crippen LogP contribution >= 0.6 is 0 Å². The maximum Gasteiger partial charge on any atom is 0.0574 e. The van der Waals surface area contributed by atoms with Crippen molar-refractivity contribution in [3.8, 4) is 0 Å². The Kier molecular flexibility index (Phi) is 8.60. The molecule has 42 heavy (non-hydrogen) atoms. The van der Waals surface area contributed by atoms with Gasteiger partial charge in [-0.05, 0) is 136 Å². The summed E-state index contributed by atoms with van der Waals surface area (Å²) in [6.07, 6.45) is 22.9. The summed E-state index contributed by atoms with van der Waals surface area (Å²) in [5.74, 6) is 10.4. The molecule has 0 bridgehead atoms. The van der Waals surface area contributed by atoms with E-state index in [-0.39, 0.29) is 0 Å². The van der Waals surface area contributed by atoms with E-state index in [0.29, 0.717) is 0 Å². The van der Waals surface area contributed by atoms with Gasteiger partial charge >= 0.3 is 0 Å². The molecule has 6 saturated carbocycles. The van der Waals surface area contributed by atoms with Gasteiger partial charge in [0.05, 0.1) is 8.07 Å². The summed E-state index contributed by atoms with van der Waals surface area (Å²) in [5, 5.41) is 0. The van der Waals surface area contributed by atoms with Crippen molar-refractivity contribution in [1.29, 1.82) is 0 Å². The van der Waals surface area contributed by atoms with Gasteiger partial charge in [0.25, 0.3) is 0 Å². The van der Waals surface area contributed by atoms with E-state index in [2.05, 4.69) is 64.7 Å². The zero-order valence-corrected chi connectivity index (χ0v) is 30.2. The van der Waals surface area contributed by atoms with E-state index in [9.17, 15) is 0 Å². The lowest BCUT2D eigenvalue weighted by atomic mass is 9.68. The maximum atomic E-state index is 3.10. The molecule has 0 spiro atoms. The third-order valence-corrected chi connectivity index (χ3v) is 21.1. The van der Waals surface area contributed by atoms with Gasteiger partial charge in [0.15, 0.2) is 0 Å². The average molecular weight is 595 g/mol. The van der Waals surface area contributed by atoms with Gasteiger partial charge in [0, 0.05) is 24.2 Å². The Bertz CT molecular complexity index is 877. The van der Waals surface area contributed by atoms with E-state index in [1.54, 1.807) is 64.2 Å². The molecule has 0 N–H and O–H groups in total. The predicted molar refractivity (Wildman–Crippen MR) is 183 cm³/mol. The van der Waals surface area contributed by atoms with Crippen LogP contribution in [0.15, 0.2) is 0 Å². The van der Waals surface area contributed by atoms with Crippen molar-refractivity contribution < 1.29 is 0 Å². The number of nitrogens with zero attached hydrogens (tertiary/aromatic N) is 2. The second-order valence-electron chi connectivity index (χ2n) is 18.6. The minimum absolute atomic E-state index is 0.920. The van der Waals surface area contributed by atoms with E-state index in [0.717, 1.165) is 94.4 Å². The molecular weight excluding hydrogens is 525 g/mol. The van der Waals surface area contributed by atoms with Crippen LogP contribution in [0.4, 0.5) is 0 Å². The molecule has 8 aliphatic rings. The topological polar surface area (TPSA) is 6.48 Å². The molecule has 8 rings (SSSR count). The van der Waals surface area contributed by atoms with Gasteiger partial charge in [-0.1, -0.05) is 85.7 Å². The summed E-state index contributed by atoms with van der Waals surface area (Å²) in [6, 6.07) is 3.72. The van der Waals surface area contributed by atoms with Crippen LogP contribution in [0.1, 0.15) is 124 Å². The lowest BCUT2D eigenvalue weighted by Crippen LogP contribution is -2.54. The van der Waals surface area contributed by atoms with Crippen LogP contribution in [0, 0.1) is 59.2 Å². The second kappa shape index (κ2) is 11.7. The van der Waals surface area contributed by atoms with Crippen molar-refractivity contribution in [1.82, 2.24) is 9.80 Å². The van der Waals surface area contributed by atoms with Crippen LogP contribution in [0.2, 0.25) is 24.2 Å². The SMILES string of the molecule is CC1CCC2C(C1)C1C3CCCCC3C([Si](C)(C)C3C4CCCCC4C4C5CC(C)CCC5N(C)C43)C1N2C.CCC. The Morgan fingerprint density at radius 2 is 0.881 bits per heavy atom. The van der Waals surface area contributed by atoms with E-state index in [4.69, 9.17) is 0 Å². The van der Waals surface area contributed by atoms with Gasteiger partial charge in [-0.2, -0.15) is 0 Å². The molecule has 3 heteroatoms. The fourth-order valence-electron chi connectivity index (χ4n) is 15.2. The Morgan fingerprint density at radius 1 is 0.524 bits per heavy atom. The first-order valence-electron chi connectivity index (χ1n) is 19.6. The summed E-state index contributed by atoms with van der Waals surface area (Å²) in [5.41, 5.74) is 2.14. The minimum atomic E-state index is -1.55. The smallest absolute Gasteiger partial charge is 0.0574 e. The fraction of sp³-hybridized carbons (Fsp3) is 1.00. The van der Waals surface area contributed by atoms with Crippen LogP contribution in [-0.2, 0) is 0 Å². The third kappa shape index (κ3) is 4.56. The number of likely N-dealkylation sites (tertiary alicyclic amines) is 2. The van der Waals surface area contributed by atoms with Crippen molar-refractivity contribution in [3.05, 3.63) is 0 Å². The van der Waals surface area contributed by atoms with E-state index < -0.39 is 8.07 Å². The molecule has 0 aromatic heterocycles. The largest absolute Gasteiger partial charge is 0.300 e. The molecule has 0 aromatic rings. The van der Waals surface area contributed by atoms with Gasteiger partial charge in [-0.15, -0.1) is 0 Å². The highest BCUT2D eigenvalue weighted by atomic mass is 28.3. The van der Waals surface area contributed by atoms with Gasteiger partial charge < -0.3 is 0 Å². The monoisotopic (exact) mass is 595 g/mol. The Morgan fingerprint density at radius 3 is 1.26 bits per heavy atom. The third-order valence-electron chi connectivity index (χ3n) is 16.1. The van der Waals surface area contributed by atoms with Crippen molar-refractivity contribution in [2.45, 2.75) is 172 Å². The van der Waals surface area contributed by atoms with Crippen LogP contribution in [0.3, 0.4) is 0 Å². The normalized spacial score (nSPS) is 53.7. The van der Waals surface area contributed by atoms with Crippen molar-refractivity contribution in [2.75, 3.05) is 14.1 Å². The summed E-state index contributed by atoms with van der Waals surface area (Å²) in [4.78, 5) is 6.20. The lowest BCUT2D eigenvalue weighted by Gasteiger charge is -2.51. The molecule has 0 amide bonds. The standard InChI is InChI=1S/C36H62N2Si.C3H8/c1-21-15-17-29-27(19-21)31-23-11-7-9-13-25(23)35(33(31)37(29)3)39(5,6)36-26-14-10-8-12-24(26)32-28-20-22(2)16-18-30(28)38(4)34(32)36;1-3-2/h21-36H,7-20H2,1-6H3;3H2,1-2H3. The van der Waals surface area contributed by atoms with Crippen LogP contribution in [0.25, 0.3) is 0 Å². The highest BCUT2D eigenvalue weighted by molar-refractivity contribution is 6.80. The molecule has 0 radical (unpaired) electrons. The summed E-state index contributed by atoms with van der Waals surface area (Å²) >= 11 is 0. The highest BCUT2D eigenvalue weighted by Gasteiger charge is 2.70. The molecule has 8 fully saturated rings. The zero-order chi connectivity index (χ0) is 29.5. The van der Waals surface area contributed by atoms with Crippen molar-refractivity contribution in [3.63, 3.8) is 0 Å². The van der Waals surface area contributed by atoms with Gasteiger partial charge in [0.1, 0.15) is 0 Å². The number of rotatable bonds is 2. The average Bonchev–Trinajstić information content (AvgIpc) is 3.66. The summed E-state index contributed by atoms with van der Waals surface area (Å²) < 4.78 is 0. The number of hydrogen-bond acceptors (Lipinski definition) is 2. The van der Waals surface area contributed by atoms with Crippen LogP contribution in [-0.4, -0.2) is 56.1 Å². The van der Waals surface area contributed by atoms with E-state index in [1.807, 2.05) is 0 Å². The summed E-state index contributed by atoms with van der Waals surface area (Å²) in [6.45, 7) is 15.5. The first-order chi connectivity index (χ1) is 20.2. The summed E-state index contributed by atoms with van der Waals surface area (Å²) in [7, 11) is 3.73. The quantitative estimate of drug-likeness (QED) is 0.294. The molecule has 2 saturated heterocycles. The first-order valence-corrected chi connectivity index (χ1v) is 22.8. The Labute approximate surface area is 262 Å². The minimum Gasteiger partial charge on any atom is -0.300 e. The fourth-order valence-corrected chi connectivity index (χ4v) is 21.4. The van der Waals surface area contributed by atoms with E-state index >= 15 is 0 Å². The molecule has 2 heterocycles. The van der Waals surface area contributed by atoms with Gasteiger partial charge in [-0.25, -0.2) is 0 Å². The van der Waals surface area contributed by atoms with Gasteiger partial charge in [-0.3, -0.25) is 9.80 Å². The Hall–Kier alpha value is 0.137. The van der Waals surface area contributed by atoms with Crippen LogP contribution < -0.4 is 0 Å². The van der Waals surface area contributed by atoms with Crippen LogP contribution in [0.5, 0.6) is 0 Å². The van der Waals surface area contributed by atoms with Gasteiger partial charge in [0.2, 0.25) is 0 Å². The first kappa shape index (κ1) is 30.8. The molecule has 16 atom stereocenters. The predicted octanol–water partition coefficient (Wildman–Crippen LogP) is 9.96. The molecule has 16 unspecified atom stereocenters. The highest BCUT2D eigenvalue weighted by Crippen LogP contribution is 2.71. The molecule has 0 aromatic carbocycles. The van der Waals surface area contributed by atoms with E-state index in [1.165, 1.54) is 32.1 Å². The maximum absolute atomic E-state index is 3.10. The number of hydrogen-bond donors (Lipinski definition) is 0. The molecule has 2 aliphatic heterocycles. The molecular formula is C39H70N2Si. The molecule has 6 aliphatic carbocycles. The van der Waals surface area contributed by atoms with Crippen molar-refractivity contribution >= 4 is 8.07 Å².